The normalized spacial score (nSPS) is 14.9. The number of carbonyl (C=O) groups is 1. The van der Waals surface area contributed by atoms with Crippen molar-refractivity contribution in [3.8, 4) is 0 Å². The Balaban J connectivity index is 1.47. The number of amides is 1. The van der Waals surface area contributed by atoms with E-state index in [1.165, 1.54) is 18.2 Å². The predicted octanol–water partition coefficient (Wildman–Crippen LogP) is 4.20. The Morgan fingerprint density at radius 1 is 0.844 bits per heavy atom. The SMILES string of the molecule is O=C(NC(=Nc1ccc(F)cc1)N1CCN(Cc2cccc(F)c2)CC1)c1ccccc1. The minimum absolute atomic E-state index is 0.238. The van der Waals surface area contributed by atoms with Gasteiger partial charge in [0.05, 0.1) is 5.69 Å². The maximum Gasteiger partial charge on any atom is 0.257 e. The van der Waals surface area contributed by atoms with Gasteiger partial charge in [-0.25, -0.2) is 13.8 Å². The number of hydrogen-bond donors (Lipinski definition) is 1. The van der Waals surface area contributed by atoms with E-state index in [4.69, 9.17) is 0 Å². The quantitative estimate of drug-likeness (QED) is 0.495. The van der Waals surface area contributed by atoms with Gasteiger partial charge in [0.25, 0.3) is 5.91 Å². The van der Waals surface area contributed by atoms with Crippen molar-refractivity contribution in [2.75, 3.05) is 26.2 Å². The van der Waals surface area contributed by atoms with Crippen molar-refractivity contribution in [3.05, 3.63) is 102 Å². The topological polar surface area (TPSA) is 47.9 Å². The molecule has 7 heteroatoms. The van der Waals surface area contributed by atoms with Gasteiger partial charge in [-0.3, -0.25) is 15.0 Å². The molecule has 4 rings (SSSR count). The van der Waals surface area contributed by atoms with Gasteiger partial charge in [0, 0.05) is 38.3 Å². The van der Waals surface area contributed by atoms with Crippen LogP contribution in [0.2, 0.25) is 0 Å². The first-order chi connectivity index (χ1) is 15.6. The lowest BCUT2D eigenvalue weighted by Gasteiger charge is -2.36. The van der Waals surface area contributed by atoms with Crippen LogP contribution in [0.5, 0.6) is 0 Å². The van der Waals surface area contributed by atoms with E-state index in [2.05, 4.69) is 15.2 Å². The molecule has 0 spiro atoms. The summed E-state index contributed by atoms with van der Waals surface area (Å²) in [6, 6.07) is 21.4. The molecule has 1 fully saturated rings. The van der Waals surface area contributed by atoms with Crippen LogP contribution in [0.3, 0.4) is 0 Å². The molecule has 1 amide bonds. The van der Waals surface area contributed by atoms with E-state index in [0.29, 0.717) is 36.8 Å². The summed E-state index contributed by atoms with van der Waals surface area (Å²) in [5.74, 6) is -0.409. The van der Waals surface area contributed by atoms with E-state index >= 15 is 0 Å². The number of nitrogens with zero attached hydrogens (tertiary/aromatic N) is 3. The standard InChI is InChI=1S/C25H24F2N4O/c26-21-9-11-23(12-10-21)28-25(29-24(32)20-6-2-1-3-7-20)31-15-13-30(14-16-31)18-19-5-4-8-22(27)17-19/h1-12,17H,13-16,18H2,(H,28,29,32). The monoisotopic (exact) mass is 434 g/mol. The highest BCUT2D eigenvalue weighted by Crippen LogP contribution is 2.15. The molecule has 1 aliphatic heterocycles. The van der Waals surface area contributed by atoms with Gasteiger partial charge in [-0.1, -0.05) is 30.3 Å². The zero-order chi connectivity index (χ0) is 22.3. The molecule has 1 N–H and O–H groups in total. The van der Waals surface area contributed by atoms with Crippen molar-refractivity contribution in [1.82, 2.24) is 15.1 Å². The summed E-state index contributed by atoms with van der Waals surface area (Å²) in [7, 11) is 0. The molecule has 0 saturated carbocycles. The predicted molar refractivity (Wildman–Crippen MR) is 121 cm³/mol. The highest BCUT2D eigenvalue weighted by molar-refractivity contribution is 6.06. The number of carbonyl (C=O) groups excluding carboxylic acids is 1. The molecule has 0 aliphatic carbocycles. The second kappa shape index (κ2) is 10.2. The average molecular weight is 434 g/mol. The van der Waals surface area contributed by atoms with Crippen molar-refractivity contribution >= 4 is 17.6 Å². The Morgan fingerprint density at radius 2 is 1.56 bits per heavy atom. The molecule has 1 saturated heterocycles. The summed E-state index contributed by atoms with van der Waals surface area (Å²) in [5.41, 5.74) is 2.01. The molecule has 0 unspecified atom stereocenters. The minimum Gasteiger partial charge on any atom is -0.340 e. The van der Waals surface area contributed by atoms with Gasteiger partial charge in [-0.2, -0.15) is 0 Å². The Hall–Kier alpha value is -3.58. The highest BCUT2D eigenvalue weighted by atomic mass is 19.1. The zero-order valence-electron chi connectivity index (χ0n) is 17.5. The van der Waals surface area contributed by atoms with Crippen LogP contribution >= 0.6 is 0 Å². The summed E-state index contributed by atoms with van der Waals surface area (Å²) in [6.45, 7) is 3.42. The Bertz CT molecular complexity index is 1080. The second-order valence-corrected chi connectivity index (χ2v) is 7.63. The first kappa shape index (κ1) is 21.6. The van der Waals surface area contributed by atoms with Crippen LogP contribution in [0.4, 0.5) is 14.5 Å². The first-order valence-corrected chi connectivity index (χ1v) is 10.5. The number of hydrogen-bond acceptors (Lipinski definition) is 3. The van der Waals surface area contributed by atoms with Crippen LogP contribution in [0, 0.1) is 11.6 Å². The van der Waals surface area contributed by atoms with E-state index in [-0.39, 0.29) is 17.5 Å². The summed E-state index contributed by atoms with van der Waals surface area (Å²) in [6.07, 6.45) is 0. The smallest absolute Gasteiger partial charge is 0.257 e. The number of benzene rings is 3. The van der Waals surface area contributed by atoms with Crippen molar-refractivity contribution in [1.29, 1.82) is 0 Å². The number of rotatable bonds is 4. The first-order valence-electron chi connectivity index (χ1n) is 10.5. The van der Waals surface area contributed by atoms with Crippen molar-refractivity contribution < 1.29 is 13.6 Å². The molecule has 3 aromatic rings. The van der Waals surface area contributed by atoms with Gasteiger partial charge in [0.1, 0.15) is 11.6 Å². The van der Waals surface area contributed by atoms with Gasteiger partial charge in [0.2, 0.25) is 5.96 Å². The fourth-order valence-corrected chi connectivity index (χ4v) is 3.59. The van der Waals surface area contributed by atoms with Gasteiger partial charge in [-0.05, 0) is 54.1 Å². The maximum absolute atomic E-state index is 13.5. The third-order valence-electron chi connectivity index (χ3n) is 5.29. The Morgan fingerprint density at radius 3 is 2.25 bits per heavy atom. The molecule has 0 atom stereocenters. The van der Waals surface area contributed by atoms with E-state index in [0.717, 1.165) is 18.7 Å². The largest absolute Gasteiger partial charge is 0.340 e. The molecule has 5 nitrogen and oxygen atoms in total. The van der Waals surface area contributed by atoms with Crippen LogP contribution in [0.25, 0.3) is 0 Å². The number of guanidine groups is 1. The number of piperazine rings is 1. The van der Waals surface area contributed by atoms with Gasteiger partial charge < -0.3 is 4.90 Å². The second-order valence-electron chi connectivity index (χ2n) is 7.63. The lowest BCUT2D eigenvalue weighted by atomic mass is 10.2. The molecule has 1 aliphatic rings. The number of nitrogens with one attached hydrogen (secondary N) is 1. The minimum atomic E-state index is -0.343. The number of aliphatic imine (C=N–C) groups is 1. The van der Waals surface area contributed by atoms with Gasteiger partial charge in [0.15, 0.2) is 0 Å². The Labute approximate surface area is 186 Å². The molecule has 0 aromatic heterocycles. The van der Waals surface area contributed by atoms with Crippen LogP contribution in [-0.2, 0) is 6.54 Å². The van der Waals surface area contributed by atoms with Crippen molar-refractivity contribution in [3.63, 3.8) is 0 Å². The third kappa shape index (κ3) is 5.76. The van der Waals surface area contributed by atoms with E-state index < -0.39 is 0 Å². The van der Waals surface area contributed by atoms with Crippen LogP contribution in [0.15, 0.2) is 83.9 Å². The van der Waals surface area contributed by atoms with E-state index in [1.54, 1.807) is 48.5 Å². The summed E-state index contributed by atoms with van der Waals surface area (Å²) in [4.78, 5) is 21.6. The summed E-state index contributed by atoms with van der Waals surface area (Å²) in [5, 5.41) is 2.91. The van der Waals surface area contributed by atoms with Crippen molar-refractivity contribution in [2.45, 2.75) is 6.54 Å². The molecule has 0 radical (unpaired) electrons. The fraction of sp³-hybridized carbons (Fsp3) is 0.200. The molecular formula is C25H24F2N4O. The zero-order valence-corrected chi connectivity index (χ0v) is 17.5. The highest BCUT2D eigenvalue weighted by Gasteiger charge is 2.22. The summed E-state index contributed by atoms with van der Waals surface area (Å²) < 4.78 is 26.8. The van der Waals surface area contributed by atoms with E-state index in [1.807, 2.05) is 17.0 Å². The van der Waals surface area contributed by atoms with Gasteiger partial charge in [-0.15, -0.1) is 0 Å². The number of halogens is 2. The van der Waals surface area contributed by atoms with Crippen LogP contribution in [0.1, 0.15) is 15.9 Å². The molecule has 0 bridgehead atoms. The lowest BCUT2D eigenvalue weighted by molar-refractivity contribution is 0.0967. The van der Waals surface area contributed by atoms with Crippen LogP contribution < -0.4 is 5.32 Å². The van der Waals surface area contributed by atoms with E-state index in [9.17, 15) is 13.6 Å². The maximum atomic E-state index is 13.5. The van der Waals surface area contributed by atoms with Crippen LogP contribution in [-0.4, -0.2) is 47.8 Å². The van der Waals surface area contributed by atoms with Gasteiger partial charge >= 0.3 is 0 Å². The fourth-order valence-electron chi connectivity index (χ4n) is 3.59. The lowest BCUT2D eigenvalue weighted by Crippen LogP contribution is -2.53. The third-order valence-corrected chi connectivity index (χ3v) is 5.29. The molecular weight excluding hydrogens is 410 g/mol. The molecule has 164 valence electrons. The summed E-state index contributed by atoms with van der Waals surface area (Å²) >= 11 is 0. The molecule has 32 heavy (non-hydrogen) atoms. The van der Waals surface area contributed by atoms with Crippen molar-refractivity contribution in [2.24, 2.45) is 4.99 Å². The average Bonchev–Trinajstić information content (AvgIpc) is 2.81. The molecule has 1 heterocycles. The Kier molecular flexibility index (Phi) is 6.87. The molecule has 3 aromatic carbocycles.